The molecule has 0 aliphatic heterocycles. The van der Waals surface area contributed by atoms with Crippen molar-refractivity contribution in [2.75, 3.05) is 0 Å². The Hall–Kier alpha value is -8.88. The summed E-state index contributed by atoms with van der Waals surface area (Å²) in [5, 5.41) is 19.2. The molecule has 7 aromatic carbocycles. The van der Waals surface area contributed by atoms with Gasteiger partial charge in [0, 0.05) is 33.8 Å². The Balaban J connectivity index is 1.48. The van der Waals surface area contributed by atoms with Gasteiger partial charge >= 0.3 is 0 Å². The molecule has 0 saturated carbocycles. The average molecular weight is 864 g/mol. The van der Waals surface area contributed by atoms with E-state index in [1.54, 1.807) is 50.1 Å². The van der Waals surface area contributed by atoms with Gasteiger partial charge in [-0.1, -0.05) is 48.5 Å². The van der Waals surface area contributed by atoms with Gasteiger partial charge in [-0.3, -0.25) is 18.3 Å². The second kappa shape index (κ2) is 14.9. The number of hydrogen-bond donors (Lipinski definition) is 1. The normalized spacial score (nSPS) is 11.5. The second-order valence-electron chi connectivity index (χ2n) is 14.4. The fraction of sp³-hybridized carbons (Fsp3) is 0. The summed E-state index contributed by atoms with van der Waals surface area (Å²) >= 11 is 0. The number of rotatable bonds is 7. The molecule has 306 valence electrons. The van der Waals surface area contributed by atoms with Crippen molar-refractivity contribution in [3.05, 3.63) is 180 Å². The van der Waals surface area contributed by atoms with Crippen LogP contribution >= 0.6 is 0 Å². The third-order valence-corrected chi connectivity index (χ3v) is 11.6. The van der Waals surface area contributed by atoms with E-state index < -0.39 is 32.5 Å². The van der Waals surface area contributed by atoms with Gasteiger partial charge in [-0.05, 0) is 91.0 Å². The van der Waals surface area contributed by atoms with Gasteiger partial charge in [0.1, 0.15) is 80.2 Å². The predicted molar refractivity (Wildman–Crippen MR) is 232 cm³/mol. The number of imidazole rings is 3. The lowest BCUT2D eigenvalue weighted by Crippen LogP contribution is -2.02. The molecule has 0 amide bonds. The maximum absolute atomic E-state index is 15.6. The number of halogens is 3. The quantitative estimate of drug-likeness (QED) is 0.122. The van der Waals surface area contributed by atoms with E-state index in [-0.39, 0.29) is 67.5 Å². The summed E-state index contributed by atoms with van der Waals surface area (Å²) in [6.07, 6.45) is 0. The third-order valence-electron chi connectivity index (χ3n) is 10.7. The van der Waals surface area contributed by atoms with Crippen LogP contribution in [0, 0.1) is 46.7 Å². The monoisotopic (exact) mass is 863 g/mol. The molecule has 64 heavy (non-hydrogen) atoms. The van der Waals surface area contributed by atoms with E-state index in [1.165, 1.54) is 60.7 Å². The van der Waals surface area contributed by atoms with Crippen molar-refractivity contribution in [2.24, 2.45) is 0 Å². The molecule has 10 rings (SSSR count). The number of nitriles is 2. The standard InChI is InChI=1S/C48H24F3N9O3S/c1-54-39-21-16-29(24-38(39)51)48-57-40-43-41(55-46(58(43)32-8-4-2-5-9-32)27-12-14-30(25-52)36(49)22-27)45-42(44(40)59(48)33-10-6-3-7-11-33)56-47(28-13-15-31(26-53)37(50)23-28)60(45)34-17-19-35(20-18-34)64(61,62)63/h2-24H,(H,61,62,63). The molecule has 0 aliphatic carbocycles. The van der Waals surface area contributed by atoms with E-state index in [1.807, 2.05) is 48.5 Å². The van der Waals surface area contributed by atoms with E-state index >= 15 is 13.2 Å². The van der Waals surface area contributed by atoms with E-state index in [0.29, 0.717) is 33.7 Å². The van der Waals surface area contributed by atoms with Crippen LogP contribution in [0.1, 0.15) is 11.1 Å². The van der Waals surface area contributed by atoms with Crippen LogP contribution in [0.4, 0.5) is 18.9 Å². The maximum atomic E-state index is 15.6. The number of nitrogens with zero attached hydrogens (tertiary/aromatic N) is 9. The van der Waals surface area contributed by atoms with Crippen LogP contribution < -0.4 is 0 Å². The van der Waals surface area contributed by atoms with Crippen molar-refractivity contribution in [1.82, 2.24) is 28.7 Å². The molecule has 3 heterocycles. The average Bonchev–Trinajstić information content (AvgIpc) is 4.02. The van der Waals surface area contributed by atoms with Gasteiger partial charge < -0.3 is 0 Å². The minimum Gasteiger partial charge on any atom is -0.290 e. The van der Waals surface area contributed by atoms with Gasteiger partial charge in [-0.15, -0.1) is 0 Å². The first-order chi connectivity index (χ1) is 31.0. The summed E-state index contributed by atoms with van der Waals surface area (Å²) in [6, 6.07) is 39.2. The highest BCUT2D eigenvalue weighted by atomic mass is 32.2. The largest absolute Gasteiger partial charge is 0.294 e. The number of fused-ring (bicyclic) bond motifs is 6. The molecule has 3 aromatic heterocycles. The summed E-state index contributed by atoms with van der Waals surface area (Å²) in [7, 11) is -4.64. The van der Waals surface area contributed by atoms with Crippen molar-refractivity contribution in [2.45, 2.75) is 4.90 Å². The molecule has 12 nitrogen and oxygen atoms in total. The number of benzene rings is 7. The van der Waals surface area contributed by atoms with E-state index in [2.05, 4.69) is 4.85 Å². The molecule has 0 atom stereocenters. The highest BCUT2D eigenvalue weighted by Gasteiger charge is 2.31. The summed E-state index contributed by atoms with van der Waals surface area (Å²) < 4.78 is 86.3. The van der Waals surface area contributed by atoms with Crippen LogP contribution in [0.2, 0.25) is 0 Å². The SMILES string of the molecule is [C-]#[N+]c1ccc(-c2nc3c4c(nc(-c5ccc(C#N)c(F)c5)n4-c4ccccc4)c4c(nc(-c5ccc(C#N)c(F)c5)n4-c4ccc(S(=O)(=O)O)cc4)c3n2-c2ccccc2)cc1F. The lowest BCUT2D eigenvalue weighted by atomic mass is 10.1. The Kier molecular flexibility index (Phi) is 9.16. The van der Waals surface area contributed by atoms with Crippen molar-refractivity contribution in [1.29, 1.82) is 10.5 Å². The Morgan fingerprint density at radius 3 is 1.25 bits per heavy atom. The second-order valence-corrected chi connectivity index (χ2v) is 15.9. The highest BCUT2D eigenvalue weighted by Crippen LogP contribution is 2.44. The van der Waals surface area contributed by atoms with Crippen LogP contribution in [0.5, 0.6) is 0 Å². The summed E-state index contributed by atoms with van der Waals surface area (Å²) in [6.45, 7) is 7.48. The predicted octanol–water partition coefficient (Wildman–Crippen LogP) is 10.7. The molecule has 16 heteroatoms. The van der Waals surface area contributed by atoms with Crippen LogP contribution in [0.15, 0.2) is 144 Å². The van der Waals surface area contributed by atoms with Gasteiger partial charge in [0.05, 0.1) is 22.6 Å². The van der Waals surface area contributed by atoms with Crippen molar-refractivity contribution < 1.29 is 26.1 Å². The minimum absolute atomic E-state index is 0.113. The van der Waals surface area contributed by atoms with Crippen molar-refractivity contribution in [3.63, 3.8) is 0 Å². The zero-order valence-corrected chi connectivity index (χ0v) is 33.4. The third kappa shape index (κ3) is 6.24. The van der Waals surface area contributed by atoms with Gasteiger partial charge in [0.15, 0.2) is 0 Å². The first-order valence-electron chi connectivity index (χ1n) is 19.1. The summed E-state index contributed by atoms with van der Waals surface area (Å²) in [4.78, 5) is 18.5. The smallest absolute Gasteiger partial charge is 0.290 e. The molecular formula is C48H24F3N9O3S. The Morgan fingerprint density at radius 1 is 0.531 bits per heavy atom. The molecule has 0 fully saturated rings. The number of aromatic nitrogens is 6. The molecule has 0 saturated heterocycles. The van der Waals surface area contributed by atoms with Gasteiger partial charge in [-0.25, -0.2) is 33.0 Å². The van der Waals surface area contributed by atoms with Crippen molar-refractivity contribution >= 4 is 48.9 Å². The van der Waals surface area contributed by atoms with Crippen LogP contribution in [0.3, 0.4) is 0 Å². The van der Waals surface area contributed by atoms with Crippen molar-refractivity contribution in [3.8, 4) is 63.4 Å². The van der Waals surface area contributed by atoms with Gasteiger partial charge in [0.25, 0.3) is 10.1 Å². The lowest BCUT2D eigenvalue weighted by molar-refractivity contribution is 0.483. The summed E-state index contributed by atoms with van der Waals surface area (Å²) in [5.41, 5.74) is 3.32. The first kappa shape index (κ1) is 39.3. The highest BCUT2D eigenvalue weighted by molar-refractivity contribution is 7.85. The van der Waals surface area contributed by atoms with E-state index in [4.69, 9.17) is 21.5 Å². The maximum Gasteiger partial charge on any atom is 0.294 e. The van der Waals surface area contributed by atoms with Gasteiger partial charge in [0.2, 0.25) is 5.69 Å². The molecule has 10 aromatic rings. The molecule has 1 N–H and O–H groups in total. The minimum atomic E-state index is -4.64. The lowest BCUT2D eigenvalue weighted by Gasteiger charge is -2.13. The zero-order valence-electron chi connectivity index (χ0n) is 32.6. The molecular weight excluding hydrogens is 840 g/mol. The molecule has 0 spiro atoms. The molecule has 0 unspecified atom stereocenters. The molecule has 0 bridgehead atoms. The van der Waals surface area contributed by atoms with Crippen LogP contribution in [-0.4, -0.2) is 41.6 Å². The molecule has 0 aliphatic rings. The number of para-hydroxylation sites is 2. The van der Waals surface area contributed by atoms with Crippen LogP contribution in [0.25, 0.3) is 89.2 Å². The fourth-order valence-electron chi connectivity index (χ4n) is 7.89. The first-order valence-corrected chi connectivity index (χ1v) is 20.6. The van der Waals surface area contributed by atoms with Gasteiger partial charge in [-0.2, -0.15) is 18.9 Å². The fourth-order valence-corrected chi connectivity index (χ4v) is 8.37. The Bertz CT molecular complexity index is 3760. The Labute approximate surface area is 360 Å². The zero-order chi connectivity index (χ0) is 44.4. The topological polar surface area (TPSA) is 160 Å². The molecule has 0 radical (unpaired) electrons. The number of hydrogen-bond acceptors (Lipinski definition) is 7. The van der Waals surface area contributed by atoms with E-state index in [9.17, 15) is 23.5 Å². The van der Waals surface area contributed by atoms with E-state index in [0.717, 1.165) is 6.07 Å². The van der Waals surface area contributed by atoms with Crippen LogP contribution in [-0.2, 0) is 10.1 Å². The Morgan fingerprint density at radius 2 is 0.906 bits per heavy atom. The summed E-state index contributed by atoms with van der Waals surface area (Å²) in [5.74, 6) is -1.86.